The van der Waals surface area contributed by atoms with Gasteiger partial charge in [-0.15, -0.1) is 0 Å². The predicted molar refractivity (Wildman–Crippen MR) is 81.5 cm³/mol. The maximum Gasteiger partial charge on any atom is 0.191 e. The highest BCUT2D eigenvalue weighted by molar-refractivity contribution is 5.79. The average molecular weight is 277 g/mol. The first kappa shape index (κ1) is 14.8. The second-order valence-electron chi connectivity index (χ2n) is 6.14. The Kier molecular flexibility index (Phi) is 4.63. The fourth-order valence-corrected chi connectivity index (χ4v) is 2.09. The number of nitrogens with zero attached hydrogens (tertiary/aromatic N) is 1. The van der Waals surface area contributed by atoms with Crippen LogP contribution in [0.5, 0.6) is 0 Å². The molecule has 1 aliphatic rings. The molecule has 110 valence electrons. The van der Waals surface area contributed by atoms with Gasteiger partial charge in [0.05, 0.1) is 0 Å². The van der Waals surface area contributed by atoms with Crippen molar-refractivity contribution >= 4 is 5.96 Å². The molecule has 2 N–H and O–H groups in total. The van der Waals surface area contributed by atoms with Crippen molar-refractivity contribution in [2.24, 2.45) is 10.9 Å². The zero-order valence-electron chi connectivity index (χ0n) is 12.5. The van der Waals surface area contributed by atoms with Crippen LogP contribution in [0.4, 0.5) is 4.39 Å². The minimum absolute atomic E-state index is 0.0785. The highest BCUT2D eigenvalue weighted by atomic mass is 19.1. The van der Waals surface area contributed by atoms with E-state index in [-0.39, 0.29) is 11.2 Å². The summed E-state index contributed by atoms with van der Waals surface area (Å²) in [5.74, 6) is 1.46. The summed E-state index contributed by atoms with van der Waals surface area (Å²) in [6.45, 7) is 6.03. The van der Waals surface area contributed by atoms with E-state index in [1.165, 1.54) is 25.0 Å². The number of nitrogens with one attached hydrogen (secondary N) is 2. The fourth-order valence-electron chi connectivity index (χ4n) is 2.09. The molecular weight excluding hydrogens is 253 g/mol. The summed E-state index contributed by atoms with van der Waals surface area (Å²) in [5.41, 5.74) is 1.04. The maximum atomic E-state index is 13.0. The molecule has 1 aliphatic carbocycles. The van der Waals surface area contributed by atoms with E-state index in [0.717, 1.165) is 30.5 Å². The Morgan fingerprint density at radius 1 is 1.25 bits per heavy atom. The van der Waals surface area contributed by atoms with E-state index in [0.29, 0.717) is 0 Å². The zero-order valence-corrected chi connectivity index (χ0v) is 12.5. The van der Waals surface area contributed by atoms with Gasteiger partial charge in [0.1, 0.15) is 5.82 Å². The molecule has 0 heterocycles. The number of aliphatic imine (C=N–C) groups is 1. The molecule has 0 aromatic heterocycles. The lowest BCUT2D eigenvalue weighted by atomic mass is 9.84. The topological polar surface area (TPSA) is 36.4 Å². The number of hydrogen-bond donors (Lipinski definition) is 2. The third-order valence-electron chi connectivity index (χ3n) is 3.80. The van der Waals surface area contributed by atoms with Crippen LogP contribution >= 0.6 is 0 Å². The molecule has 0 saturated heterocycles. The molecule has 4 heteroatoms. The molecule has 0 amide bonds. The highest BCUT2D eigenvalue weighted by Crippen LogP contribution is 2.27. The van der Waals surface area contributed by atoms with Crippen LogP contribution in [0.1, 0.15) is 32.3 Å². The first-order valence-corrected chi connectivity index (χ1v) is 7.22. The van der Waals surface area contributed by atoms with E-state index >= 15 is 0 Å². The number of benzene rings is 1. The SMILES string of the molecule is CN=C(NCC1CC1)NCC(C)(C)c1ccc(F)cc1. The van der Waals surface area contributed by atoms with Gasteiger partial charge in [0.15, 0.2) is 5.96 Å². The molecule has 0 aliphatic heterocycles. The molecule has 1 fully saturated rings. The van der Waals surface area contributed by atoms with Crippen LogP contribution in [0.2, 0.25) is 0 Å². The molecule has 0 spiro atoms. The molecular formula is C16H24FN3. The Morgan fingerprint density at radius 2 is 1.90 bits per heavy atom. The summed E-state index contributed by atoms with van der Waals surface area (Å²) in [7, 11) is 1.78. The van der Waals surface area contributed by atoms with Gasteiger partial charge < -0.3 is 10.6 Å². The van der Waals surface area contributed by atoms with Crippen molar-refractivity contribution in [3.05, 3.63) is 35.6 Å². The fraction of sp³-hybridized carbons (Fsp3) is 0.562. The largest absolute Gasteiger partial charge is 0.356 e. The van der Waals surface area contributed by atoms with E-state index in [4.69, 9.17) is 0 Å². The average Bonchev–Trinajstić information content (AvgIpc) is 3.23. The van der Waals surface area contributed by atoms with E-state index in [1.54, 1.807) is 7.05 Å². The quantitative estimate of drug-likeness (QED) is 0.641. The Bertz CT molecular complexity index is 461. The number of halogens is 1. The second-order valence-corrected chi connectivity index (χ2v) is 6.14. The smallest absolute Gasteiger partial charge is 0.191 e. The maximum absolute atomic E-state index is 13.0. The molecule has 1 aromatic rings. The van der Waals surface area contributed by atoms with Crippen LogP contribution in [-0.2, 0) is 5.41 Å². The summed E-state index contributed by atoms with van der Waals surface area (Å²) >= 11 is 0. The van der Waals surface area contributed by atoms with Gasteiger partial charge in [-0.05, 0) is 36.5 Å². The van der Waals surface area contributed by atoms with Crippen LogP contribution < -0.4 is 10.6 Å². The van der Waals surface area contributed by atoms with Crippen LogP contribution in [-0.4, -0.2) is 26.1 Å². The Morgan fingerprint density at radius 3 is 2.45 bits per heavy atom. The highest BCUT2D eigenvalue weighted by Gasteiger charge is 2.23. The van der Waals surface area contributed by atoms with Gasteiger partial charge in [0, 0.05) is 25.6 Å². The van der Waals surface area contributed by atoms with Crippen LogP contribution in [0.3, 0.4) is 0 Å². The molecule has 3 nitrogen and oxygen atoms in total. The van der Waals surface area contributed by atoms with Crippen molar-refractivity contribution in [1.29, 1.82) is 0 Å². The van der Waals surface area contributed by atoms with E-state index in [1.807, 2.05) is 12.1 Å². The minimum Gasteiger partial charge on any atom is -0.356 e. The van der Waals surface area contributed by atoms with Gasteiger partial charge in [0.25, 0.3) is 0 Å². The van der Waals surface area contributed by atoms with Crippen molar-refractivity contribution < 1.29 is 4.39 Å². The van der Waals surface area contributed by atoms with Gasteiger partial charge in [-0.1, -0.05) is 26.0 Å². The van der Waals surface area contributed by atoms with Gasteiger partial charge in [-0.3, -0.25) is 4.99 Å². The van der Waals surface area contributed by atoms with Crippen molar-refractivity contribution in [2.75, 3.05) is 20.1 Å². The van der Waals surface area contributed by atoms with Crippen LogP contribution in [0, 0.1) is 11.7 Å². The van der Waals surface area contributed by atoms with Crippen LogP contribution in [0.15, 0.2) is 29.3 Å². The Hall–Kier alpha value is -1.58. The van der Waals surface area contributed by atoms with Gasteiger partial charge in [-0.25, -0.2) is 4.39 Å². The number of rotatable bonds is 5. The summed E-state index contributed by atoms with van der Waals surface area (Å²) in [6, 6.07) is 6.71. The van der Waals surface area contributed by atoms with Crippen molar-refractivity contribution in [3.63, 3.8) is 0 Å². The third-order valence-corrected chi connectivity index (χ3v) is 3.80. The lowest BCUT2D eigenvalue weighted by molar-refractivity contribution is 0.506. The molecule has 0 unspecified atom stereocenters. The molecule has 0 bridgehead atoms. The number of hydrogen-bond acceptors (Lipinski definition) is 1. The lowest BCUT2D eigenvalue weighted by Crippen LogP contribution is -2.44. The summed E-state index contributed by atoms with van der Waals surface area (Å²) in [4.78, 5) is 4.23. The first-order chi connectivity index (χ1) is 9.51. The summed E-state index contributed by atoms with van der Waals surface area (Å²) < 4.78 is 13.0. The second kappa shape index (κ2) is 6.25. The minimum atomic E-state index is -0.195. The molecule has 2 rings (SSSR count). The Labute approximate surface area is 120 Å². The van der Waals surface area contributed by atoms with Gasteiger partial charge >= 0.3 is 0 Å². The molecule has 1 aromatic carbocycles. The Balaban J connectivity index is 1.87. The van der Waals surface area contributed by atoms with Crippen molar-refractivity contribution in [2.45, 2.75) is 32.1 Å². The number of guanidine groups is 1. The lowest BCUT2D eigenvalue weighted by Gasteiger charge is -2.26. The summed E-state index contributed by atoms with van der Waals surface area (Å²) in [6.07, 6.45) is 2.65. The predicted octanol–water partition coefficient (Wildman–Crippen LogP) is 2.68. The molecule has 0 atom stereocenters. The summed E-state index contributed by atoms with van der Waals surface area (Å²) in [5, 5.41) is 6.69. The monoisotopic (exact) mass is 277 g/mol. The van der Waals surface area contributed by atoms with E-state index in [2.05, 4.69) is 29.5 Å². The van der Waals surface area contributed by atoms with Crippen molar-refractivity contribution in [1.82, 2.24) is 10.6 Å². The van der Waals surface area contributed by atoms with E-state index < -0.39 is 0 Å². The molecule has 1 saturated carbocycles. The zero-order chi connectivity index (χ0) is 14.6. The van der Waals surface area contributed by atoms with E-state index in [9.17, 15) is 4.39 Å². The van der Waals surface area contributed by atoms with Gasteiger partial charge in [-0.2, -0.15) is 0 Å². The standard InChI is InChI=1S/C16H24FN3/c1-16(2,13-6-8-14(17)9-7-13)11-20-15(18-3)19-10-12-4-5-12/h6-9,12H,4-5,10-11H2,1-3H3,(H2,18,19,20). The third kappa shape index (κ3) is 4.22. The van der Waals surface area contributed by atoms with Gasteiger partial charge in [0.2, 0.25) is 0 Å². The molecule has 20 heavy (non-hydrogen) atoms. The molecule has 0 radical (unpaired) electrons. The van der Waals surface area contributed by atoms with Crippen molar-refractivity contribution in [3.8, 4) is 0 Å². The normalized spacial score (nSPS) is 16.1. The first-order valence-electron chi connectivity index (χ1n) is 7.22. The van der Waals surface area contributed by atoms with Crippen LogP contribution in [0.25, 0.3) is 0 Å².